The first-order valence-corrected chi connectivity index (χ1v) is 8.97. The number of ether oxygens (including phenoxy) is 2. The molecule has 0 aliphatic carbocycles. The highest BCUT2D eigenvalue weighted by atomic mass is 32.1. The van der Waals surface area contributed by atoms with Crippen molar-refractivity contribution >= 4 is 22.7 Å². The molecule has 136 valence electrons. The molecule has 7 heteroatoms. The minimum atomic E-state index is -2.90. The molecule has 0 aliphatic heterocycles. The highest BCUT2D eigenvalue weighted by Gasteiger charge is 2.16. The van der Waals surface area contributed by atoms with Gasteiger partial charge in [-0.25, -0.2) is 0 Å². The van der Waals surface area contributed by atoms with Crippen LogP contribution in [0.25, 0.3) is 0 Å². The summed E-state index contributed by atoms with van der Waals surface area (Å²) in [5, 5.41) is 0. The molecule has 0 N–H and O–H groups in total. The number of halogens is 2. The molecule has 0 radical (unpaired) electrons. The minimum Gasteiger partial charge on any atom is -0.490 e. The summed E-state index contributed by atoms with van der Waals surface area (Å²) >= 11 is 1.56. The maximum absolute atomic E-state index is 12.6. The van der Waals surface area contributed by atoms with Gasteiger partial charge in [-0.15, -0.1) is 11.3 Å². The van der Waals surface area contributed by atoms with Gasteiger partial charge in [-0.1, -0.05) is 18.2 Å². The molecule has 0 spiro atoms. The second-order valence-corrected chi connectivity index (χ2v) is 6.30. The summed E-state index contributed by atoms with van der Waals surface area (Å²) < 4.78 is 35.3. The van der Waals surface area contributed by atoms with Crippen LogP contribution in [0.3, 0.4) is 0 Å². The maximum atomic E-state index is 12.6. The van der Waals surface area contributed by atoms with Crippen LogP contribution < -0.4 is 14.4 Å². The highest BCUT2D eigenvalue weighted by Crippen LogP contribution is 2.36. The van der Waals surface area contributed by atoms with Crippen molar-refractivity contribution in [1.82, 2.24) is 4.98 Å². The van der Waals surface area contributed by atoms with Crippen LogP contribution >= 0.6 is 11.3 Å². The third-order valence-electron chi connectivity index (χ3n) is 3.62. The number of thiazole rings is 1. The summed E-state index contributed by atoms with van der Waals surface area (Å²) in [5.41, 5.74) is 3.57. The van der Waals surface area contributed by atoms with Gasteiger partial charge in [0.05, 0.1) is 18.7 Å². The van der Waals surface area contributed by atoms with E-state index in [2.05, 4.69) is 14.6 Å². The van der Waals surface area contributed by atoms with Crippen molar-refractivity contribution in [1.29, 1.82) is 0 Å². The lowest BCUT2D eigenvalue weighted by molar-refractivity contribution is -0.0514. The number of hydrogen-bond acceptors (Lipinski definition) is 5. The number of hydrogen-bond donors (Lipinski definition) is 0. The van der Waals surface area contributed by atoms with Crippen molar-refractivity contribution in [3.63, 3.8) is 0 Å². The Morgan fingerprint density at radius 3 is 2.54 bits per heavy atom. The number of benzene rings is 2. The predicted octanol–water partition coefficient (Wildman–Crippen LogP) is 5.48. The monoisotopic (exact) mass is 376 g/mol. The van der Waals surface area contributed by atoms with E-state index in [-0.39, 0.29) is 11.5 Å². The molecule has 0 amide bonds. The molecule has 0 bridgehead atoms. The third kappa shape index (κ3) is 4.49. The molecule has 0 atom stereocenters. The van der Waals surface area contributed by atoms with Crippen molar-refractivity contribution in [2.45, 2.75) is 20.1 Å². The second kappa shape index (κ2) is 8.62. The smallest absolute Gasteiger partial charge is 0.387 e. The maximum Gasteiger partial charge on any atom is 0.387 e. The van der Waals surface area contributed by atoms with Gasteiger partial charge in [-0.3, -0.25) is 4.98 Å². The van der Waals surface area contributed by atoms with Gasteiger partial charge in [-0.05, 0) is 31.2 Å². The number of aromatic nitrogens is 1. The van der Waals surface area contributed by atoms with Crippen molar-refractivity contribution in [2.24, 2.45) is 0 Å². The summed E-state index contributed by atoms with van der Waals surface area (Å²) in [7, 11) is 0. The molecule has 4 nitrogen and oxygen atoms in total. The fourth-order valence-electron chi connectivity index (χ4n) is 2.54. The molecular weight excluding hydrogens is 358 g/mol. The van der Waals surface area contributed by atoms with Crippen LogP contribution in [0.1, 0.15) is 11.8 Å². The van der Waals surface area contributed by atoms with E-state index in [1.165, 1.54) is 6.07 Å². The Hall–Kier alpha value is -2.67. The molecule has 0 fully saturated rings. The van der Waals surface area contributed by atoms with Crippen molar-refractivity contribution in [3.8, 4) is 11.5 Å². The lowest BCUT2D eigenvalue weighted by atomic mass is 10.2. The van der Waals surface area contributed by atoms with Crippen LogP contribution in [0.4, 0.5) is 20.2 Å². The van der Waals surface area contributed by atoms with E-state index < -0.39 is 6.61 Å². The van der Waals surface area contributed by atoms with Crippen LogP contribution in [0.5, 0.6) is 11.5 Å². The summed E-state index contributed by atoms with van der Waals surface area (Å²) in [4.78, 5) is 7.27. The van der Waals surface area contributed by atoms with Gasteiger partial charge in [-0.2, -0.15) is 8.78 Å². The minimum absolute atomic E-state index is 0.0244. The van der Waals surface area contributed by atoms with Crippen LogP contribution in [-0.2, 0) is 6.54 Å². The van der Waals surface area contributed by atoms with Gasteiger partial charge < -0.3 is 14.4 Å². The zero-order chi connectivity index (χ0) is 18.4. The van der Waals surface area contributed by atoms with Crippen LogP contribution in [0.2, 0.25) is 0 Å². The molecule has 0 unspecified atom stereocenters. The summed E-state index contributed by atoms with van der Waals surface area (Å²) in [6.45, 7) is -0.147. The van der Waals surface area contributed by atoms with Crippen molar-refractivity contribution < 1.29 is 18.3 Å². The van der Waals surface area contributed by atoms with E-state index in [1.807, 2.05) is 36.5 Å². The van der Waals surface area contributed by atoms with Crippen LogP contribution in [0.15, 0.2) is 60.2 Å². The number of nitrogens with zero attached hydrogens (tertiary/aromatic N) is 2. The topological polar surface area (TPSA) is 34.6 Å². The molecule has 3 rings (SSSR count). The Kier molecular flexibility index (Phi) is 6.01. The predicted molar refractivity (Wildman–Crippen MR) is 98.6 cm³/mol. The van der Waals surface area contributed by atoms with Gasteiger partial charge in [0.1, 0.15) is 0 Å². The Labute approximate surface area is 154 Å². The first-order valence-electron chi connectivity index (χ1n) is 8.09. The fourth-order valence-corrected chi connectivity index (χ4v) is 3.12. The van der Waals surface area contributed by atoms with Crippen molar-refractivity contribution in [3.05, 3.63) is 65.1 Å². The summed E-state index contributed by atoms with van der Waals surface area (Å²) in [6.07, 6.45) is 1.82. The normalized spacial score (nSPS) is 10.8. The first-order chi connectivity index (χ1) is 12.7. The molecule has 0 aliphatic rings. The molecule has 0 saturated carbocycles. The number of rotatable bonds is 8. The van der Waals surface area contributed by atoms with E-state index in [9.17, 15) is 8.78 Å². The first kappa shape index (κ1) is 18.1. The van der Waals surface area contributed by atoms with E-state index in [4.69, 9.17) is 4.74 Å². The Balaban J connectivity index is 1.98. The zero-order valence-corrected chi connectivity index (χ0v) is 15.0. The van der Waals surface area contributed by atoms with Crippen LogP contribution in [-0.4, -0.2) is 18.2 Å². The SMILES string of the molecule is CCOc1cc(N(Cc2cncs2)c2ccccc2)ccc1OC(F)F. The van der Waals surface area contributed by atoms with Gasteiger partial charge >= 0.3 is 6.61 Å². The summed E-state index contributed by atoms with van der Waals surface area (Å²) in [6, 6.07) is 14.8. The van der Waals surface area contributed by atoms with E-state index in [1.54, 1.807) is 35.9 Å². The number of para-hydroxylation sites is 1. The number of alkyl halides is 2. The Bertz CT molecular complexity index is 814. The average Bonchev–Trinajstić information content (AvgIpc) is 3.15. The standard InChI is InChI=1S/C19H18F2N2O2S/c1-2-24-18-10-15(8-9-17(18)25-19(20)21)23(12-16-11-22-13-26-16)14-6-4-3-5-7-14/h3-11,13,19H,2,12H2,1H3. The number of anilines is 2. The van der Waals surface area contributed by atoms with Gasteiger partial charge in [0.15, 0.2) is 11.5 Å². The lowest BCUT2D eigenvalue weighted by Crippen LogP contribution is -2.16. The van der Waals surface area contributed by atoms with Crippen LogP contribution in [0, 0.1) is 0 Å². The Morgan fingerprint density at radius 2 is 1.88 bits per heavy atom. The molecule has 3 aromatic rings. The van der Waals surface area contributed by atoms with Gasteiger partial charge in [0.25, 0.3) is 0 Å². The van der Waals surface area contributed by atoms with Gasteiger partial charge in [0, 0.05) is 28.5 Å². The third-order valence-corrected chi connectivity index (χ3v) is 4.38. The average molecular weight is 376 g/mol. The molecular formula is C19H18F2N2O2S. The molecule has 1 aromatic heterocycles. The van der Waals surface area contributed by atoms with Gasteiger partial charge in [0.2, 0.25) is 0 Å². The molecule has 26 heavy (non-hydrogen) atoms. The van der Waals surface area contributed by atoms with E-state index in [0.717, 1.165) is 16.3 Å². The van der Waals surface area contributed by atoms with E-state index in [0.29, 0.717) is 13.2 Å². The lowest BCUT2D eigenvalue weighted by Gasteiger charge is -2.25. The molecule has 2 aromatic carbocycles. The van der Waals surface area contributed by atoms with E-state index >= 15 is 0 Å². The molecule has 1 heterocycles. The van der Waals surface area contributed by atoms with Crippen molar-refractivity contribution in [2.75, 3.05) is 11.5 Å². The highest BCUT2D eigenvalue weighted by molar-refractivity contribution is 7.09. The molecule has 0 saturated heterocycles. The zero-order valence-electron chi connectivity index (χ0n) is 14.1. The Morgan fingerprint density at radius 1 is 1.08 bits per heavy atom. The fraction of sp³-hybridized carbons (Fsp3) is 0.211. The summed E-state index contributed by atoms with van der Waals surface area (Å²) in [5.74, 6) is 0.312. The quantitative estimate of drug-likeness (QED) is 0.521. The second-order valence-electron chi connectivity index (χ2n) is 5.33. The largest absolute Gasteiger partial charge is 0.490 e.